The van der Waals surface area contributed by atoms with Crippen LogP contribution in [0.2, 0.25) is 0 Å². The molecule has 13 rings (SSSR count). The van der Waals surface area contributed by atoms with E-state index in [9.17, 15) is 0 Å². The molecule has 56 heavy (non-hydrogen) atoms. The van der Waals surface area contributed by atoms with Crippen LogP contribution in [-0.4, -0.2) is 6.10 Å². The van der Waals surface area contributed by atoms with Crippen LogP contribution in [0.25, 0.3) is 72.5 Å². The minimum Gasteiger partial charge on any atom is -0.481 e. The second kappa shape index (κ2) is 11.7. The van der Waals surface area contributed by atoms with Gasteiger partial charge in [-0.3, -0.25) is 0 Å². The third-order valence-corrected chi connectivity index (χ3v) is 13.9. The van der Waals surface area contributed by atoms with Gasteiger partial charge in [-0.15, -0.1) is 0 Å². The second-order valence-corrected chi connectivity index (χ2v) is 16.8. The van der Waals surface area contributed by atoms with Gasteiger partial charge < -0.3 is 9.15 Å². The van der Waals surface area contributed by atoms with E-state index in [4.69, 9.17) is 9.15 Å². The van der Waals surface area contributed by atoms with Gasteiger partial charge in [0, 0.05) is 34.1 Å². The Hall–Kier alpha value is -6.12. The molecule has 0 saturated carbocycles. The topological polar surface area (TPSA) is 22.4 Å². The van der Waals surface area contributed by atoms with Crippen LogP contribution in [0.15, 0.2) is 132 Å². The summed E-state index contributed by atoms with van der Waals surface area (Å²) in [7, 11) is 0. The molecule has 4 aliphatic carbocycles. The summed E-state index contributed by atoms with van der Waals surface area (Å²) in [6.07, 6.45) is 25.4. The molecule has 8 aromatic rings. The summed E-state index contributed by atoms with van der Waals surface area (Å²) < 4.78 is 13.5. The Bertz CT molecular complexity index is 3150. The maximum Gasteiger partial charge on any atom is 0.177 e. The van der Waals surface area contributed by atoms with Gasteiger partial charge in [-0.2, -0.15) is 0 Å². The molecule has 1 aromatic heterocycles. The number of aryl methyl sites for hydroxylation is 1. The van der Waals surface area contributed by atoms with Crippen LogP contribution >= 0.6 is 0 Å². The van der Waals surface area contributed by atoms with Gasteiger partial charge >= 0.3 is 0 Å². The van der Waals surface area contributed by atoms with Gasteiger partial charge in [-0.05, 0) is 146 Å². The molecule has 2 heteroatoms. The zero-order valence-corrected chi connectivity index (χ0v) is 31.2. The molecule has 0 bridgehead atoms. The van der Waals surface area contributed by atoms with Crippen molar-refractivity contribution in [3.05, 3.63) is 178 Å². The summed E-state index contributed by atoms with van der Waals surface area (Å²) in [6, 6.07) is 36.7. The van der Waals surface area contributed by atoms with E-state index in [1.165, 1.54) is 87.8 Å². The van der Waals surface area contributed by atoms with Gasteiger partial charge in [0.05, 0.1) is 0 Å². The van der Waals surface area contributed by atoms with Crippen molar-refractivity contribution in [1.29, 1.82) is 0 Å². The minimum atomic E-state index is 0.0271. The highest BCUT2D eigenvalue weighted by Gasteiger charge is 2.39. The van der Waals surface area contributed by atoms with Crippen molar-refractivity contribution in [3.63, 3.8) is 0 Å². The SMILES string of the molecule is C1=Cc2c(c3c(c4ccccc24)CC(c2ccc4oc5c6c(ccc5c4c2)C2CC(c4ccc5c7c(c8ccccc8c5c4)C=CCC7)C=CC2O6)C=C3)CC1. The fraction of sp³-hybridized carbons (Fsp3) is 0.185. The van der Waals surface area contributed by atoms with Crippen molar-refractivity contribution in [2.75, 3.05) is 0 Å². The largest absolute Gasteiger partial charge is 0.481 e. The Morgan fingerprint density at radius 1 is 0.500 bits per heavy atom. The highest BCUT2D eigenvalue weighted by molar-refractivity contribution is 6.13. The fourth-order valence-electron chi connectivity index (χ4n) is 11.2. The first-order valence-electron chi connectivity index (χ1n) is 20.6. The van der Waals surface area contributed by atoms with Crippen molar-refractivity contribution < 1.29 is 9.15 Å². The van der Waals surface area contributed by atoms with Gasteiger partial charge in [-0.25, -0.2) is 0 Å². The lowest BCUT2D eigenvalue weighted by Crippen LogP contribution is -2.22. The van der Waals surface area contributed by atoms with Crippen LogP contribution in [0.1, 0.15) is 87.1 Å². The predicted molar refractivity (Wildman–Crippen MR) is 233 cm³/mol. The molecule has 4 unspecified atom stereocenters. The number of ether oxygens (including phenoxy) is 1. The Balaban J connectivity index is 0.841. The molecule has 2 heterocycles. The second-order valence-electron chi connectivity index (χ2n) is 16.8. The highest BCUT2D eigenvalue weighted by Crippen LogP contribution is 2.52. The molecule has 1 aliphatic heterocycles. The first kappa shape index (κ1) is 31.1. The van der Waals surface area contributed by atoms with Crippen molar-refractivity contribution in [2.24, 2.45) is 0 Å². The van der Waals surface area contributed by atoms with Crippen LogP contribution in [0.5, 0.6) is 5.75 Å². The molecular weight excluding hydrogens is 681 g/mol. The lowest BCUT2D eigenvalue weighted by molar-refractivity contribution is 0.240. The molecule has 0 radical (unpaired) electrons. The van der Waals surface area contributed by atoms with E-state index in [0.29, 0.717) is 11.8 Å². The Kier molecular flexibility index (Phi) is 6.50. The smallest absolute Gasteiger partial charge is 0.177 e. The van der Waals surface area contributed by atoms with Crippen molar-refractivity contribution in [3.8, 4) is 5.75 Å². The lowest BCUT2D eigenvalue weighted by atomic mass is 9.77. The van der Waals surface area contributed by atoms with E-state index in [2.05, 4.69) is 146 Å². The van der Waals surface area contributed by atoms with Crippen LogP contribution < -0.4 is 4.74 Å². The van der Waals surface area contributed by atoms with E-state index in [1.807, 2.05) is 0 Å². The first-order chi connectivity index (χ1) is 27.7. The molecule has 4 atom stereocenters. The molecule has 0 spiro atoms. The van der Waals surface area contributed by atoms with Crippen LogP contribution in [0.3, 0.4) is 0 Å². The van der Waals surface area contributed by atoms with Gasteiger partial charge in [0.2, 0.25) is 0 Å². The molecule has 5 aliphatic rings. The number of rotatable bonds is 2. The minimum absolute atomic E-state index is 0.0271. The van der Waals surface area contributed by atoms with Crippen molar-refractivity contribution >= 4 is 72.5 Å². The van der Waals surface area contributed by atoms with E-state index < -0.39 is 0 Å². The van der Waals surface area contributed by atoms with E-state index in [0.717, 1.165) is 60.8 Å². The standard InChI is InChI=1S/C54H40O2/c1-3-13-39-35(9-1)37-11-5-7-15-41(37)47-27-31(17-21-43(39)47)33-19-25-51-49(29-33)45-23-24-46-50-30-34(20-26-52(50)56-54(46)53(45)55-51)32-18-22-44-40-14-4-2-10-36(40)38-12-6-8-16-42(38)48(44)28-32/h1-2,5-12,15-27,30,32-33,49,51H,3-4,13-14,28-29H2. The summed E-state index contributed by atoms with van der Waals surface area (Å²) in [5, 5.41) is 10.6. The summed E-state index contributed by atoms with van der Waals surface area (Å²) in [5.41, 5.74) is 14.6. The summed E-state index contributed by atoms with van der Waals surface area (Å²) in [4.78, 5) is 0. The molecule has 0 fully saturated rings. The van der Waals surface area contributed by atoms with E-state index in [1.54, 1.807) is 0 Å². The number of fused-ring (bicyclic) bond motifs is 19. The zero-order valence-electron chi connectivity index (χ0n) is 31.2. The van der Waals surface area contributed by atoms with Crippen LogP contribution in [0, 0.1) is 0 Å². The molecule has 2 nitrogen and oxygen atoms in total. The zero-order chi connectivity index (χ0) is 36.5. The monoisotopic (exact) mass is 720 g/mol. The number of hydrogen-bond donors (Lipinski definition) is 0. The number of allylic oxidation sites excluding steroid dienone is 4. The van der Waals surface area contributed by atoms with Gasteiger partial charge in [-0.1, -0.05) is 115 Å². The number of furan rings is 1. The Morgan fingerprint density at radius 3 is 2.07 bits per heavy atom. The van der Waals surface area contributed by atoms with E-state index in [-0.39, 0.29) is 12.0 Å². The Labute approximate surface area is 326 Å². The average molecular weight is 721 g/mol. The third-order valence-electron chi connectivity index (χ3n) is 13.9. The van der Waals surface area contributed by atoms with Gasteiger partial charge in [0.15, 0.2) is 11.3 Å². The third kappa shape index (κ3) is 4.39. The predicted octanol–water partition coefficient (Wildman–Crippen LogP) is 13.9. The normalized spacial score (nSPS) is 21.7. The fourth-order valence-corrected chi connectivity index (χ4v) is 11.2. The maximum atomic E-state index is 6.80. The maximum absolute atomic E-state index is 6.80. The highest BCUT2D eigenvalue weighted by atomic mass is 16.5. The van der Waals surface area contributed by atoms with E-state index >= 15 is 0 Å². The molecular formula is C54H40O2. The van der Waals surface area contributed by atoms with Gasteiger partial charge in [0.25, 0.3) is 0 Å². The van der Waals surface area contributed by atoms with Gasteiger partial charge in [0.1, 0.15) is 11.7 Å². The summed E-state index contributed by atoms with van der Waals surface area (Å²) in [5.74, 6) is 1.86. The first-order valence-corrected chi connectivity index (χ1v) is 20.6. The van der Waals surface area contributed by atoms with Crippen LogP contribution in [-0.2, 0) is 19.3 Å². The lowest BCUT2D eigenvalue weighted by Gasteiger charge is -2.27. The molecule has 0 amide bonds. The molecule has 0 saturated heterocycles. The van der Waals surface area contributed by atoms with Crippen molar-refractivity contribution in [1.82, 2.24) is 0 Å². The van der Waals surface area contributed by atoms with Crippen LogP contribution in [0.4, 0.5) is 0 Å². The quantitative estimate of drug-likeness (QED) is 0.131. The molecule has 0 N–H and O–H groups in total. The number of hydrogen-bond acceptors (Lipinski definition) is 2. The summed E-state index contributed by atoms with van der Waals surface area (Å²) in [6.45, 7) is 0. The average Bonchev–Trinajstić information content (AvgIpc) is 3.84. The van der Waals surface area contributed by atoms with Crippen molar-refractivity contribution in [2.45, 2.75) is 62.4 Å². The number of benzene rings is 7. The molecule has 268 valence electrons. The summed E-state index contributed by atoms with van der Waals surface area (Å²) >= 11 is 0. The molecule has 7 aromatic carbocycles. The Morgan fingerprint density at radius 2 is 1.20 bits per heavy atom.